The van der Waals surface area contributed by atoms with Gasteiger partial charge in [-0.25, -0.2) is 9.97 Å². The number of aromatic nitrogens is 2. The van der Waals surface area contributed by atoms with Gasteiger partial charge in [-0.05, 0) is 24.1 Å². The lowest BCUT2D eigenvalue weighted by Gasteiger charge is -2.16. The zero-order chi connectivity index (χ0) is 13.9. The Kier molecular flexibility index (Phi) is 3.33. The number of nitrogens with two attached hydrogens (primary N) is 1. The minimum atomic E-state index is 0.158. The summed E-state index contributed by atoms with van der Waals surface area (Å²) in [5.41, 5.74) is 6.60. The maximum Gasteiger partial charge on any atom is 0.227 e. The first-order valence-electron chi connectivity index (χ1n) is 6.65. The fourth-order valence-electron chi connectivity index (χ4n) is 2.55. The second kappa shape index (κ2) is 5.28. The molecule has 0 spiro atoms. The number of rotatable bonds is 3. The minimum absolute atomic E-state index is 0.158. The van der Waals surface area contributed by atoms with Gasteiger partial charge in [0.2, 0.25) is 5.91 Å². The van der Waals surface area contributed by atoms with Gasteiger partial charge in [-0.3, -0.25) is 4.79 Å². The average Bonchev–Trinajstić information content (AvgIpc) is 2.80. The molecule has 1 aromatic carbocycles. The van der Waals surface area contributed by atoms with Crippen molar-refractivity contribution < 1.29 is 4.79 Å². The predicted molar refractivity (Wildman–Crippen MR) is 77.1 cm³/mol. The summed E-state index contributed by atoms with van der Waals surface area (Å²) in [6, 6.07) is 11.4. The fraction of sp³-hybridized carbons (Fsp3) is 0.267. The van der Waals surface area contributed by atoms with Crippen LogP contribution in [0.4, 0.5) is 11.5 Å². The molecule has 1 aliphatic heterocycles. The van der Waals surface area contributed by atoms with Crippen LogP contribution in [-0.2, 0) is 11.2 Å². The van der Waals surface area contributed by atoms with Gasteiger partial charge >= 0.3 is 0 Å². The zero-order valence-electron chi connectivity index (χ0n) is 11.1. The highest BCUT2D eigenvalue weighted by Crippen LogP contribution is 2.26. The van der Waals surface area contributed by atoms with Gasteiger partial charge in [-0.2, -0.15) is 0 Å². The smallest absolute Gasteiger partial charge is 0.227 e. The summed E-state index contributed by atoms with van der Waals surface area (Å²) in [5.74, 6) is 1.58. The van der Waals surface area contributed by atoms with Crippen molar-refractivity contribution in [2.75, 3.05) is 17.2 Å². The molecule has 1 saturated heterocycles. The van der Waals surface area contributed by atoms with Gasteiger partial charge in [0.1, 0.15) is 11.6 Å². The molecular weight excluding hydrogens is 252 g/mol. The van der Waals surface area contributed by atoms with Crippen LogP contribution >= 0.6 is 0 Å². The third-order valence-corrected chi connectivity index (χ3v) is 3.47. The number of carbonyl (C=O) groups excluding carboxylic acids is 1. The lowest BCUT2D eigenvalue weighted by molar-refractivity contribution is -0.117. The summed E-state index contributed by atoms with van der Waals surface area (Å²) in [7, 11) is 0. The number of benzene rings is 1. The molecule has 0 saturated carbocycles. The fourth-order valence-corrected chi connectivity index (χ4v) is 2.55. The number of anilines is 2. The number of hydrogen-bond acceptors (Lipinski definition) is 4. The number of hydrogen-bond donors (Lipinski definition) is 1. The van der Waals surface area contributed by atoms with Crippen molar-refractivity contribution in [2.45, 2.75) is 12.8 Å². The Morgan fingerprint density at radius 3 is 2.80 bits per heavy atom. The molecule has 1 unspecified atom stereocenters. The highest BCUT2D eigenvalue weighted by atomic mass is 16.2. The molecule has 1 fully saturated rings. The molecule has 2 aromatic rings. The van der Waals surface area contributed by atoms with Crippen molar-refractivity contribution in [1.29, 1.82) is 0 Å². The molecule has 1 amide bonds. The van der Waals surface area contributed by atoms with E-state index in [2.05, 4.69) is 9.97 Å². The monoisotopic (exact) mass is 268 g/mol. The summed E-state index contributed by atoms with van der Waals surface area (Å²) >= 11 is 0. The maximum atomic E-state index is 12.1. The predicted octanol–water partition coefficient (Wildman–Crippen LogP) is 1.65. The van der Waals surface area contributed by atoms with Gasteiger partial charge in [0.05, 0.1) is 0 Å². The third-order valence-electron chi connectivity index (χ3n) is 3.47. The molecule has 3 rings (SSSR count). The van der Waals surface area contributed by atoms with E-state index in [9.17, 15) is 4.79 Å². The molecule has 5 nitrogen and oxygen atoms in total. The molecule has 102 valence electrons. The zero-order valence-corrected chi connectivity index (χ0v) is 11.1. The van der Waals surface area contributed by atoms with E-state index < -0.39 is 0 Å². The van der Waals surface area contributed by atoms with E-state index >= 15 is 0 Å². The van der Waals surface area contributed by atoms with Gasteiger partial charge in [0.15, 0.2) is 0 Å². The molecule has 0 aliphatic carbocycles. The first-order valence-corrected chi connectivity index (χ1v) is 6.65. The summed E-state index contributed by atoms with van der Waals surface area (Å²) in [5, 5.41) is 0. The Balaban J connectivity index is 1.71. The topological polar surface area (TPSA) is 72.1 Å². The molecule has 1 aromatic heterocycles. The van der Waals surface area contributed by atoms with Crippen molar-refractivity contribution in [3.63, 3.8) is 0 Å². The van der Waals surface area contributed by atoms with E-state index in [-0.39, 0.29) is 11.8 Å². The molecule has 1 aliphatic rings. The summed E-state index contributed by atoms with van der Waals surface area (Å²) in [6.45, 7) is 0.709. The van der Waals surface area contributed by atoms with Crippen LogP contribution in [0.2, 0.25) is 0 Å². The second-order valence-corrected chi connectivity index (χ2v) is 5.01. The van der Waals surface area contributed by atoms with Gasteiger partial charge in [-0.1, -0.05) is 18.2 Å². The molecule has 1 atom stereocenters. The van der Waals surface area contributed by atoms with E-state index in [0.29, 0.717) is 31.0 Å². The Morgan fingerprint density at radius 2 is 2.05 bits per heavy atom. The first-order chi connectivity index (χ1) is 9.72. The largest absolute Gasteiger partial charge is 0.384 e. The highest BCUT2D eigenvalue weighted by molar-refractivity contribution is 5.95. The molecule has 2 heterocycles. The molecular formula is C15H16N4O. The Bertz CT molecular complexity index is 614. The van der Waals surface area contributed by atoms with Crippen LogP contribution in [0.25, 0.3) is 0 Å². The highest BCUT2D eigenvalue weighted by Gasteiger charge is 2.31. The molecule has 2 N–H and O–H groups in total. The second-order valence-electron chi connectivity index (χ2n) is 5.01. The SMILES string of the molecule is Nc1ccnc(CC2CC(=O)N(c3ccccc3)C2)n1. The van der Waals surface area contributed by atoms with E-state index in [4.69, 9.17) is 5.73 Å². The minimum Gasteiger partial charge on any atom is -0.384 e. The van der Waals surface area contributed by atoms with Gasteiger partial charge < -0.3 is 10.6 Å². The van der Waals surface area contributed by atoms with Crippen LogP contribution in [0.1, 0.15) is 12.2 Å². The van der Waals surface area contributed by atoms with Crippen LogP contribution in [0.5, 0.6) is 0 Å². The van der Waals surface area contributed by atoms with E-state index in [1.807, 2.05) is 35.2 Å². The lowest BCUT2D eigenvalue weighted by Crippen LogP contribution is -2.24. The maximum absolute atomic E-state index is 12.1. The van der Waals surface area contributed by atoms with Crippen molar-refractivity contribution in [2.24, 2.45) is 5.92 Å². The van der Waals surface area contributed by atoms with Gasteiger partial charge in [-0.15, -0.1) is 0 Å². The standard InChI is InChI=1S/C15H16N4O/c16-13-6-7-17-14(18-13)8-11-9-15(20)19(10-11)12-4-2-1-3-5-12/h1-7,11H,8-10H2,(H2,16,17,18). The summed E-state index contributed by atoms with van der Waals surface area (Å²) in [4.78, 5) is 22.3. The molecule has 0 radical (unpaired) electrons. The quantitative estimate of drug-likeness (QED) is 0.918. The van der Waals surface area contributed by atoms with Crippen LogP contribution in [0.15, 0.2) is 42.6 Å². The van der Waals surface area contributed by atoms with Crippen LogP contribution < -0.4 is 10.6 Å². The van der Waals surface area contributed by atoms with Crippen LogP contribution in [0, 0.1) is 5.92 Å². The third kappa shape index (κ3) is 2.61. The van der Waals surface area contributed by atoms with Crippen molar-refractivity contribution in [3.8, 4) is 0 Å². The number of amides is 1. The lowest BCUT2D eigenvalue weighted by atomic mass is 10.0. The molecule has 20 heavy (non-hydrogen) atoms. The summed E-state index contributed by atoms with van der Waals surface area (Å²) < 4.78 is 0. The number of para-hydroxylation sites is 1. The number of carbonyl (C=O) groups is 1. The van der Waals surface area contributed by atoms with Gasteiger partial charge in [0.25, 0.3) is 0 Å². The Morgan fingerprint density at radius 1 is 1.25 bits per heavy atom. The van der Waals surface area contributed by atoms with Crippen molar-refractivity contribution in [3.05, 3.63) is 48.4 Å². The van der Waals surface area contributed by atoms with E-state index in [0.717, 1.165) is 5.69 Å². The Hall–Kier alpha value is -2.43. The number of nitrogen functional groups attached to an aromatic ring is 1. The van der Waals surface area contributed by atoms with E-state index in [1.165, 1.54) is 0 Å². The molecule has 5 heteroatoms. The summed E-state index contributed by atoms with van der Waals surface area (Å²) in [6.07, 6.45) is 2.87. The number of nitrogens with zero attached hydrogens (tertiary/aromatic N) is 3. The van der Waals surface area contributed by atoms with Crippen molar-refractivity contribution >= 4 is 17.4 Å². The normalized spacial score (nSPS) is 18.5. The first kappa shape index (κ1) is 12.6. The van der Waals surface area contributed by atoms with Gasteiger partial charge in [0, 0.05) is 31.3 Å². The van der Waals surface area contributed by atoms with Crippen LogP contribution in [-0.4, -0.2) is 22.4 Å². The van der Waals surface area contributed by atoms with E-state index in [1.54, 1.807) is 12.3 Å². The van der Waals surface area contributed by atoms with Crippen LogP contribution in [0.3, 0.4) is 0 Å². The molecule has 0 bridgehead atoms. The Labute approximate surface area is 117 Å². The average molecular weight is 268 g/mol. The van der Waals surface area contributed by atoms with Crippen molar-refractivity contribution in [1.82, 2.24) is 9.97 Å².